The predicted octanol–water partition coefficient (Wildman–Crippen LogP) is 1.48. The quantitative estimate of drug-likeness (QED) is 0.863. The Bertz CT molecular complexity index is 444. The fraction of sp³-hybridized carbons (Fsp3) is 0.462. The second kappa shape index (κ2) is 4.28. The monoisotopic (exact) mass is 235 g/mol. The van der Waals surface area contributed by atoms with Crippen LogP contribution in [0.5, 0.6) is 11.5 Å². The molecule has 17 heavy (non-hydrogen) atoms. The molecule has 1 saturated heterocycles. The lowest BCUT2D eigenvalue weighted by molar-refractivity contribution is -0.119. The molecule has 1 aliphatic rings. The highest BCUT2D eigenvalue weighted by molar-refractivity contribution is 5.81. The molecule has 4 heteroatoms. The molecule has 1 aromatic rings. The van der Waals surface area contributed by atoms with Gasteiger partial charge in [-0.15, -0.1) is 0 Å². The number of amides is 1. The molecule has 0 radical (unpaired) electrons. The molecule has 0 aliphatic carbocycles. The average Bonchev–Trinajstić information content (AvgIpc) is 2.69. The normalized spacial score (nSPS) is 23.4. The average molecular weight is 235 g/mol. The van der Waals surface area contributed by atoms with E-state index in [2.05, 4.69) is 12.2 Å². The number of carbonyl (C=O) groups excluding carboxylic acids is 1. The van der Waals surface area contributed by atoms with Gasteiger partial charge in [-0.1, -0.05) is 6.92 Å². The second-order valence-corrected chi connectivity index (χ2v) is 4.58. The Balaban J connectivity index is 2.45. The molecule has 1 N–H and O–H groups in total. The van der Waals surface area contributed by atoms with Gasteiger partial charge in [0.1, 0.15) is 11.5 Å². The van der Waals surface area contributed by atoms with Gasteiger partial charge in [0.2, 0.25) is 5.91 Å². The van der Waals surface area contributed by atoms with Crippen LogP contribution in [-0.2, 0) is 10.2 Å². The van der Waals surface area contributed by atoms with E-state index < -0.39 is 0 Å². The van der Waals surface area contributed by atoms with E-state index in [4.69, 9.17) is 9.47 Å². The highest BCUT2D eigenvalue weighted by Crippen LogP contribution is 2.38. The molecule has 0 aromatic heterocycles. The van der Waals surface area contributed by atoms with E-state index in [-0.39, 0.29) is 11.3 Å². The molecule has 2 rings (SSSR count). The van der Waals surface area contributed by atoms with Crippen molar-refractivity contribution in [2.75, 3.05) is 20.8 Å². The summed E-state index contributed by atoms with van der Waals surface area (Å²) in [4.78, 5) is 11.4. The van der Waals surface area contributed by atoms with Crippen LogP contribution in [0, 0.1) is 0 Å². The zero-order valence-electron chi connectivity index (χ0n) is 10.4. The van der Waals surface area contributed by atoms with Gasteiger partial charge in [-0.05, 0) is 18.2 Å². The summed E-state index contributed by atoms with van der Waals surface area (Å²) in [6, 6.07) is 5.68. The highest BCUT2D eigenvalue weighted by Gasteiger charge is 2.37. The lowest BCUT2D eigenvalue weighted by Gasteiger charge is -2.24. The number of hydrogen-bond donors (Lipinski definition) is 1. The molecule has 1 atom stereocenters. The van der Waals surface area contributed by atoms with E-state index in [0.29, 0.717) is 13.0 Å². The third kappa shape index (κ3) is 2.07. The van der Waals surface area contributed by atoms with Crippen molar-refractivity contribution in [3.63, 3.8) is 0 Å². The summed E-state index contributed by atoms with van der Waals surface area (Å²) < 4.78 is 10.6. The minimum absolute atomic E-state index is 0.0809. The fourth-order valence-electron chi connectivity index (χ4n) is 2.25. The maximum absolute atomic E-state index is 11.4. The number of rotatable bonds is 3. The first kappa shape index (κ1) is 11.8. The van der Waals surface area contributed by atoms with Crippen molar-refractivity contribution in [3.8, 4) is 11.5 Å². The van der Waals surface area contributed by atoms with Gasteiger partial charge in [0.05, 0.1) is 14.2 Å². The van der Waals surface area contributed by atoms with Crippen molar-refractivity contribution in [1.82, 2.24) is 5.32 Å². The molecule has 92 valence electrons. The maximum Gasteiger partial charge on any atom is 0.220 e. The lowest BCUT2D eigenvalue weighted by Crippen LogP contribution is -2.25. The minimum atomic E-state index is -0.225. The molecule has 1 amide bonds. The third-order valence-corrected chi connectivity index (χ3v) is 3.28. The summed E-state index contributed by atoms with van der Waals surface area (Å²) in [6.45, 7) is 2.69. The van der Waals surface area contributed by atoms with Gasteiger partial charge in [-0.3, -0.25) is 4.79 Å². The summed E-state index contributed by atoms with van der Waals surface area (Å²) in [5.74, 6) is 1.66. The topological polar surface area (TPSA) is 47.6 Å². The van der Waals surface area contributed by atoms with Gasteiger partial charge in [0.25, 0.3) is 0 Å². The van der Waals surface area contributed by atoms with E-state index >= 15 is 0 Å². The van der Waals surface area contributed by atoms with Crippen LogP contribution in [0.15, 0.2) is 18.2 Å². The third-order valence-electron chi connectivity index (χ3n) is 3.28. The van der Waals surface area contributed by atoms with E-state index in [1.165, 1.54) is 0 Å². The zero-order chi connectivity index (χ0) is 12.5. The van der Waals surface area contributed by atoms with Gasteiger partial charge in [0, 0.05) is 23.9 Å². The summed E-state index contributed by atoms with van der Waals surface area (Å²) in [5.41, 5.74) is 0.787. The van der Waals surface area contributed by atoms with Crippen molar-refractivity contribution < 1.29 is 14.3 Å². The van der Waals surface area contributed by atoms with Crippen molar-refractivity contribution >= 4 is 5.91 Å². The van der Waals surface area contributed by atoms with Crippen LogP contribution in [0.1, 0.15) is 18.9 Å². The number of nitrogens with one attached hydrogen (secondary N) is 1. The molecule has 1 heterocycles. The summed E-state index contributed by atoms with van der Waals surface area (Å²) in [7, 11) is 3.27. The lowest BCUT2D eigenvalue weighted by atomic mass is 9.81. The molecule has 1 aliphatic heterocycles. The van der Waals surface area contributed by atoms with Crippen LogP contribution in [0.25, 0.3) is 0 Å². The Kier molecular flexibility index (Phi) is 2.96. The molecule has 0 spiro atoms. The molecule has 1 fully saturated rings. The highest BCUT2D eigenvalue weighted by atomic mass is 16.5. The summed E-state index contributed by atoms with van der Waals surface area (Å²) in [6.07, 6.45) is 0.483. The van der Waals surface area contributed by atoms with Crippen LogP contribution < -0.4 is 14.8 Å². The number of hydrogen-bond acceptors (Lipinski definition) is 3. The van der Waals surface area contributed by atoms with E-state index in [0.717, 1.165) is 17.1 Å². The van der Waals surface area contributed by atoms with E-state index in [1.807, 2.05) is 18.2 Å². The van der Waals surface area contributed by atoms with Gasteiger partial charge in [-0.2, -0.15) is 0 Å². The standard InChI is InChI=1S/C13H17NO3/c1-13(7-12(15)14-8-13)10-6-9(16-2)4-5-11(10)17-3/h4-6H,7-8H2,1-3H3,(H,14,15). The molecule has 0 saturated carbocycles. The van der Waals surface area contributed by atoms with Gasteiger partial charge >= 0.3 is 0 Å². The van der Waals surface area contributed by atoms with E-state index in [9.17, 15) is 4.79 Å². The Morgan fingerprint density at radius 3 is 2.59 bits per heavy atom. The van der Waals surface area contributed by atoms with Crippen LogP contribution in [0.2, 0.25) is 0 Å². The zero-order valence-corrected chi connectivity index (χ0v) is 10.4. The number of methoxy groups -OCH3 is 2. The first-order valence-electron chi connectivity index (χ1n) is 5.58. The van der Waals surface area contributed by atoms with Crippen LogP contribution in [-0.4, -0.2) is 26.7 Å². The van der Waals surface area contributed by atoms with Crippen molar-refractivity contribution in [1.29, 1.82) is 0 Å². The van der Waals surface area contributed by atoms with Crippen molar-refractivity contribution in [3.05, 3.63) is 23.8 Å². The Labute approximate surface area is 101 Å². The number of carbonyl (C=O) groups is 1. The van der Waals surface area contributed by atoms with Crippen LogP contribution >= 0.6 is 0 Å². The van der Waals surface area contributed by atoms with Gasteiger partial charge in [0.15, 0.2) is 0 Å². The predicted molar refractivity (Wildman–Crippen MR) is 64.5 cm³/mol. The molecule has 1 aromatic carbocycles. The summed E-state index contributed by atoms with van der Waals surface area (Å²) >= 11 is 0. The molecular weight excluding hydrogens is 218 g/mol. The van der Waals surface area contributed by atoms with Gasteiger partial charge in [-0.25, -0.2) is 0 Å². The van der Waals surface area contributed by atoms with Gasteiger partial charge < -0.3 is 14.8 Å². The summed E-state index contributed by atoms with van der Waals surface area (Å²) in [5, 5.41) is 2.86. The molecule has 4 nitrogen and oxygen atoms in total. The maximum atomic E-state index is 11.4. The van der Waals surface area contributed by atoms with Crippen LogP contribution in [0.4, 0.5) is 0 Å². The Morgan fingerprint density at radius 2 is 2.06 bits per heavy atom. The molecule has 0 bridgehead atoms. The minimum Gasteiger partial charge on any atom is -0.497 e. The second-order valence-electron chi connectivity index (χ2n) is 4.58. The first-order valence-corrected chi connectivity index (χ1v) is 5.58. The Morgan fingerprint density at radius 1 is 1.29 bits per heavy atom. The van der Waals surface area contributed by atoms with Crippen molar-refractivity contribution in [2.24, 2.45) is 0 Å². The SMILES string of the molecule is COc1ccc(OC)c(C2(C)CNC(=O)C2)c1. The number of benzene rings is 1. The number of ether oxygens (including phenoxy) is 2. The van der Waals surface area contributed by atoms with Crippen LogP contribution in [0.3, 0.4) is 0 Å². The molecular formula is C13H17NO3. The smallest absolute Gasteiger partial charge is 0.220 e. The Hall–Kier alpha value is -1.71. The fourth-order valence-corrected chi connectivity index (χ4v) is 2.25. The van der Waals surface area contributed by atoms with E-state index in [1.54, 1.807) is 14.2 Å². The largest absolute Gasteiger partial charge is 0.497 e. The first-order chi connectivity index (χ1) is 8.09. The van der Waals surface area contributed by atoms with Crippen molar-refractivity contribution in [2.45, 2.75) is 18.8 Å². The molecule has 1 unspecified atom stereocenters.